The molecule has 27 heavy (non-hydrogen) atoms. The molecule has 0 spiro atoms. The first kappa shape index (κ1) is 20.5. The van der Waals surface area contributed by atoms with Crippen molar-refractivity contribution in [1.82, 2.24) is 25.0 Å². The summed E-state index contributed by atoms with van der Waals surface area (Å²) in [6.07, 6.45) is -4.48. The Morgan fingerprint density at radius 3 is 2.48 bits per heavy atom. The highest BCUT2D eigenvalue weighted by Crippen LogP contribution is 2.31. The Labute approximate surface area is 154 Å². The maximum Gasteiger partial charge on any atom is 0.416 e. The quantitative estimate of drug-likeness (QED) is 0.848. The molecule has 0 aliphatic carbocycles. The number of alkyl halides is 3. The summed E-state index contributed by atoms with van der Waals surface area (Å²) in [6.45, 7) is 5.72. The van der Waals surface area contributed by atoms with Gasteiger partial charge in [0.15, 0.2) is 5.82 Å². The molecule has 1 aromatic carbocycles. The Morgan fingerprint density at radius 2 is 1.89 bits per heavy atom. The van der Waals surface area contributed by atoms with Gasteiger partial charge in [-0.2, -0.15) is 13.2 Å². The molecule has 10 heteroatoms. The smallest absolute Gasteiger partial charge is 0.336 e. The summed E-state index contributed by atoms with van der Waals surface area (Å²) in [7, 11) is 1.43. The van der Waals surface area contributed by atoms with Gasteiger partial charge < -0.3 is 10.6 Å². The number of carbonyl (C=O) groups is 1. The second kappa shape index (κ2) is 7.45. The molecule has 0 saturated heterocycles. The topological polar surface area (TPSA) is 81.0 Å². The van der Waals surface area contributed by atoms with Crippen molar-refractivity contribution in [3.05, 3.63) is 40.3 Å². The summed E-state index contributed by atoms with van der Waals surface area (Å²) in [5.74, 6) is 0.116. The minimum absolute atomic E-state index is 0.0865. The SMILES string of the molecule is Cn1c(-c2cccc(C(F)(F)F)c2)nn(CCNC(=O)NC(C)(C)C)c1=O. The van der Waals surface area contributed by atoms with Crippen LogP contribution in [0.2, 0.25) is 0 Å². The Balaban J connectivity index is 2.15. The van der Waals surface area contributed by atoms with Crippen molar-refractivity contribution < 1.29 is 18.0 Å². The summed E-state index contributed by atoms with van der Waals surface area (Å²) < 4.78 is 40.9. The molecular weight excluding hydrogens is 363 g/mol. The molecule has 0 aliphatic heterocycles. The fraction of sp³-hybridized carbons (Fsp3) is 0.471. The third-order valence-corrected chi connectivity index (χ3v) is 3.59. The molecule has 2 N–H and O–H groups in total. The van der Waals surface area contributed by atoms with Gasteiger partial charge in [-0.15, -0.1) is 5.10 Å². The lowest BCUT2D eigenvalue weighted by atomic mass is 10.1. The summed E-state index contributed by atoms with van der Waals surface area (Å²) in [5.41, 5.74) is -1.52. The van der Waals surface area contributed by atoms with Gasteiger partial charge in [0, 0.05) is 24.7 Å². The molecule has 2 amide bonds. The number of carbonyl (C=O) groups excluding carboxylic acids is 1. The molecule has 2 aromatic rings. The highest BCUT2D eigenvalue weighted by Gasteiger charge is 2.30. The van der Waals surface area contributed by atoms with E-state index in [2.05, 4.69) is 15.7 Å². The lowest BCUT2D eigenvalue weighted by molar-refractivity contribution is -0.137. The number of halogens is 3. The number of urea groups is 1. The van der Waals surface area contributed by atoms with E-state index < -0.39 is 23.0 Å². The van der Waals surface area contributed by atoms with E-state index in [0.717, 1.165) is 16.8 Å². The van der Waals surface area contributed by atoms with Crippen LogP contribution < -0.4 is 16.3 Å². The number of hydrogen-bond donors (Lipinski definition) is 2. The molecule has 1 aromatic heterocycles. The Kier molecular flexibility index (Phi) is 5.67. The molecule has 0 unspecified atom stereocenters. The third-order valence-electron chi connectivity index (χ3n) is 3.59. The molecule has 1 heterocycles. The Morgan fingerprint density at radius 1 is 1.22 bits per heavy atom. The van der Waals surface area contributed by atoms with E-state index in [9.17, 15) is 22.8 Å². The van der Waals surface area contributed by atoms with Gasteiger partial charge in [0.1, 0.15) is 0 Å². The normalized spacial score (nSPS) is 12.1. The molecule has 0 atom stereocenters. The highest BCUT2D eigenvalue weighted by atomic mass is 19.4. The van der Waals surface area contributed by atoms with E-state index in [4.69, 9.17) is 0 Å². The maximum absolute atomic E-state index is 12.9. The second-order valence-corrected chi connectivity index (χ2v) is 7.10. The number of nitrogens with zero attached hydrogens (tertiary/aromatic N) is 3. The minimum Gasteiger partial charge on any atom is -0.336 e. The first-order chi connectivity index (χ1) is 12.4. The van der Waals surface area contributed by atoms with Gasteiger partial charge in [-0.05, 0) is 32.9 Å². The number of benzene rings is 1. The highest BCUT2D eigenvalue weighted by molar-refractivity contribution is 5.74. The molecule has 7 nitrogen and oxygen atoms in total. The maximum atomic E-state index is 12.9. The van der Waals surface area contributed by atoms with Gasteiger partial charge in [0.05, 0.1) is 12.1 Å². The van der Waals surface area contributed by atoms with Crippen LogP contribution in [0.1, 0.15) is 26.3 Å². The van der Waals surface area contributed by atoms with E-state index in [1.165, 1.54) is 23.7 Å². The zero-order valence-electron chi connectivity index (χ0n) is 15.5. The molecule has 148 valence electrons. The van der Waals surface area contributed by atoms with Crippen molar-refractivity contribution in [2.45, 2.75) is 39.0 Å². The van der Waals surface area contributed by atoms with E-state index >= 15 is 0 Å². The molecule has 0 fully saturated rings. The van der Waals surface area contributed by atoms with Crippen molar-refractivity contribution in [3.8, 4) is 11.4 Å². The average Bonchev–Trinajstić information content (AvgIpc) is 2.81. The van der Waals surface area contributed by atoms with Crippen molar-refractivity contribution in [2.75, 3.05) is 6.54 Å². The number of rotatable bonds is 4. The monoisotopic (exact) mass is 385 g/mol. The van der Waals surface area contributed by atoms with Gasteiger partial charge in [-0.3, -0.25) is 4.57 Å². The van der Waals surface area contributed by atoms with Gasteiger partial charge in [-0.1, -0.05) is 12.1 Å². The van der Waals surface area contributed by atoms with E-state index in [-0.39, 0.29) is 30.5 Å². The number of amides is 2. The number of aromatic nitrogens is 3. The molecular formula is C17H22F3N5O2. The van der Waals surface area contributed by atoms with Crippen LogP contribution >= 0.6 is 0 Å². The lowest BCUT2D eigenvalue weighted by Crippen LogP contribution is -2.47. The van der Waals surface area contributed by atoms with Crippen LogP contribution in [0.15, 0.2) is 29.1 Å². The van der Waals surface area contributed by atoms with Crippen molar-refractivity contribution in [1.29, 1.82) is 0 Å². The molecule has 2 rings (SSSR count). The predicted molar refractivity (Wildman–Crippen MR) is 94.2 cm³/mol. The number of hydrogen-bond acceptors (Lipinski definition) is 3. The van der Waals surface area contributed by atoms with Crippen LogP contribution in [-0.2, 0) is 19.8 Å². The first-order valence-electron chi connectivity index (χ1n) is 8.26. The van der Waals surface area contributed by atoms with Crippen LogP contribution in [0.25, 0.3) is 11.4 Å². The first-order valence-corrected chi connectivity index (χ1v) is 8.26. The van der Waals surface area contributed by atoms with Gasteiger partial charge >= 0.3 is 17.9 Å². The van der Waals surface area contributed by atoms with E-state index in [1.807, 2.05) is 20.8 Å². The Bertz CT molecular complexity index is 878. The summed E-state index contributed by atoms with van der Waals surface area (Å²) in [4.78, 5) is 24.0. The zero-order valence-corrected chi connectivity index (χ0v) is 15.5. The van der Waals surface area contributed by atoms with E-state index in [1.54, 1.807) is 0 Å². The van der Waals surface area contributed by atoms with Crippen molar-refractivity contribution in [2.24, 2.45) is 7.05 Å². The van der Waals surface area contributed by atoms with Gasteiger partial charge in [0.2, 0.25) is 0 Å². The fourth-order valence-corrected chi connectivity index (χ4v) is 2.38. The predicted octanol–water partition coefficient (Wildman–Crippen LogP) is 2.37. The van der Waals surface area contributed by atoms with Crippen molar-refractivity contribution >= 4 is 6.03 Å². The molecule has 0 saturated carbocycles. The summed E-state index contributed by atoms with van der Waals surface area (Å²) in [5, 5.41) is 9.42. The second-order valence-electron chi connectivity index (χ2n) is 7.10. The average molecular weight is 385 g/mol. The molecule has 0 bridgehead atoms. The fourth-order valence-electron chi connectivity index (χ4n) is 2.38. The minimum atomic E-state index is -4.48. The van der Waals surface area contributed by atoms with Crippen LogP contribution in [0, 0.1) is 0 Å². The van der Waals surface area contributed by atoms with Crippen LogP contribution in [0.5, 0.6) is 0 Å². The number of nitrogens with one attached hydrogen (secondary N) is 2. The Hall–Kier alpha value is -2.78. The summed E-state index contributed by atoms with van der Waals surface area (Å²) >= 11 is 0. The zero-order chi connectivity index (χ0) is 20.4. The largest absolute Gasteiger partial charge is 0.416 e. The van der Waals surface area contributed by atoms with E-state index in [0.29, 0.717) is 0 Å². The molecule has 0 radical (unpaired) electrons. The standard InChI is InChI=1S/C17H22F3N5O2/c1-16(2,3)22-14(26)21-8-9-25-15(27)24(4)13(23-25)11-6-5-7-12(10-11)17(18,19)20/h5-7,10H,8-9H2,1-4H3,(H2,21,22,26). The molecule has 0 aliphatic rings. The van der Waals surface area contributed by atoms with Gasteiger partial charge in [0.25, 0.3) is 0 Å². The van der Waals surface area contributed by atoms with Crippen molar-refractivity contribution in [3.63, 3.8) is 0 Å². The third kappa shape index (κ3) is 5.35. The lowest BCUT2D eigenvalue weighted by Gasteiger charge is -2.20. The van der Waals surface area contributed by atoms with Crippen LogP contribution in [-0.4, -0.2) is 32.5 Å². The van der Waals surface area contributed by atoms with Gasteiger partial charge in [-0.25, -0.2) is 14.3 Å². The summed E-state index contributed by atoms with van der Waals surface area (Å²) in [6, 6.07) is 4.23. The van der Waals surface area contributed by atoms with Crippen LogP contribution in [0.4, 0.5) is 18.0 Å². The van der Waals surface area contributed by atoms with Crippen LogP contribution in [0.3, 0.4) is 0 Å².